The van der Waals surface area contributed by atoms with E-state index in [4.69, 9.17) is 0 Å². The maximum absolute atomic E-state index is 12.8. The van der Waals surface area contributed by atoms with E-state index in [9.17, 15) is 14.4 Å². The molecule has 2 aromatic heterocycles. The molecule has 1 amide bonds. The van der Waals surface area contributed by atoms with E-state index in [1.54, 1.807) is 35.8 Å². The number of anilines is 1. The summed E-state index contributed by atoms with van der Waals surface area (Å²) in [5.41, 5.74) is -0.611. The molecule has 0 radical (unpaired) electrons. The minimum atomic E-state index is -0.912. The molecule has 0 saturated heterocycles. The van der Waals surface area contributed by atoms with E-state index in [0.717, 1.165) is 4.57 Å². The van der Waals surface area contributed by atoms with Gasteiger partial charge in [-0.15, -0.1) is 11.3 Å². The Balaban J connectivity index is 2.10. The van der Waals surface area contributed by atoms with Gasteiger partial charge in [-0.2, -0.15) is 0 Å². The zero-order valence-corrected chi connectivity index (χ0v) is 14.7. The third kappa shape index (κ3) is 3.53. The van der Waals surface area contributed by atoms with Crippen molar-refractivity contribution in [3.8, 4) is 0 Å². The van der Waals surface area contributed by atoms with Gasteiger partial charge in [0.15, 0.2) is 5.13 Å². The molecular formula is C17H18N4O3S. The minimum Gasteiger partial charge on any atom is -0.307 e. The summed E-state index contributed by atoms with van der Waals surface area (Å²) in [4.78, 5) is 44.8. The van der Waals surface area contributed by atoms with E-state index in [1.807, 2.05) is 13.8 Å². The number of hydrogen-bond acceptors (Lipinski definition) is 5. The van der Waals surface area contributed by atoms with Crippen LogP contribution in [-0.2, 0) is 4.79 Å². The van der Waals surface area contributed by atoms with Crippen LogP contribution in [-0.4, -0.2) is 20.4 Å². The van der Waals surface area contributed by atoms with Crippen molar-refractivity contribution in [2.24, 2.45) is 5.92 Å². The Labute approximate surface area is 147 Å². The van der Waals surface area contributed by atoms with Crippen LogP contribution >= 0.6 is 11.3 Å². The summed E-state index contributed by atoms with van der Waals surface area (Å²) >= 11 is 1.28. The Bertz CT molecular complexity index is 1000. The van der Waals surface area contributed by atoms with Crippen LogP contribution in [0.2, 0.25) is 0 Å². The molecule has 0 aliphatic carbocycles. The summed E-state index contributed by atoms with van der Waals surface area (Å²) in [6, 6.07) is 5.84. The van der Waals surface area contributed by atoms with Gasteiger partial charge in [0.2, 0.25) is 5.91 Å². The number of fused-ring (bicyclic) bond motifs is 1. The van der Waals surface area contributed by atoms with E-state index in [-0.39, 0.29) is 5.92 Å². The average molecular weight is 358 g/mol. The second-order valence-corrected chi connectivity index (χ2v) is 7.02. The molecule has 3 aromatic rings. The van der Waals surface area contributed by atoms with Gasteiger partial charge in [-0.3, -0.25) is 9.59 Å². The standard InChI is InChI=1S/C17H18N4O3S/c1-10(2)9-13(14(22)20-16-18-7-8-25-16)21-15(23)11-5-3-4-6-12(11)19-17(21)24/h3-8,10,13H,9H2,1-2H3,(H,19,24)(H,18,20,22). The third-order valence-corrected chi connectivity index (χ3v) is 4.50. The minimum absolute atomic E-state index is 0.116. The number of hydrogen-bond donors (Lipinski definition) is 2. The zero-order valence-electron chi connectivity index (χ0n) is 13.9. The summed E-state index contributed by atoms with van der Waals surface area (Å²) in [6.07, 6.45) is 1.94. The maximum atomic E-state index is 12.8. The molecular weight excluding hydrogens is 340 g/mol. The predicted octanol–water partition coefficient (Wildman–Crippen LogP) is 2.37. The Morgan fingerprint density at radius 2 is 2.08 bits per heavy atom. The maximum Gasteiger partial charge on any atom is 0.329 e. The second-order valence-electron chi connectivity index (χ2n) is 6.12. The molecule has 2 heterocycles. The topological polar surface area (TPSA) is 96.8 Å². The number of aromatic nitrogens is 3. The van der Waals surface area contributed by atoms with Gasteiger partial charge >= 0.3 is 5.69 Å². The quantitative estimate of drug-likeness (QED) is 0.732. The number of amides is 1. The first kappa shape index (κ1) is 17.1. The van der Waals surface area contributed by atoms with E-state index < -0.39 is 23.2 Å². The SMILES string of the molecule is CC(C)CC(C(=O)Nc1nccs1)n1c(=O)[nH]c2ccccc2c1=O. The van der Waals surface area contributed by atoms with Crippen molar-refractivity contribution in [2.75, 3.05) is 5.32 Å². The predicted molar refractivity (Wildman–Crippen MR) is 98.1 cm³/mol. The molecule has 8 heteroatoms. The molecule has 2 N–H and O–H groups in total. The molecule has 1 unspecified atom stereocenters. The highest BCUT2D eigenvalue weighted by molar-refractivity contribution is 7.13. The Morgan fingerprint density at radius 3 is 2.76 bits per heavy atom. The van der Waals surface area contributed by atoms with Crippen LogP contribution in [0.5, 0.6) is 0 Å². The van der Waals surface area contributed by atoms with Crippen molar-refractivity contribution in [3.63, 3.8) is 0 Å². The van der Waals surface area contributed by atoms with Crippen LogP contribution in [0, 0.1) is 5.92 Å². The second kappa shape index (κ2) is 7.02. The van der Waals surface area contributed by atoms with Crippen molar-refractivity contribution in [2.45, 2.75) is 26.3 Å². The van der Waals surface area contributed by atoms with Gasteiger partial charge in [0, 0.05) is 11.6 Å². The van der Waals surface area contributed by atoms with Gasteiger partial charge in [0.05, 0.1) is 10.9 Å². The first-order valence-corrected chi connectivity index (χ1v) is 8.79. The molecule has 0 fully saturated rings. The molecule has 0 saturated carbocycles. The Hall–Kier alpha value is -2.74. The first-order chi connectivity index (χ1) is 12.0. The largest absolute Gasteiger partial charge is 0.329 e. The molecule has 25 heavy (non-hydrogen) atoms. The lowest BCUT2D eigenvalue weighted by Crippen LogP contribution is -2.43. The fraction of sp³-hybridized carbons (Fsp3) is 0.294. The van der Waals surface area contributed by atoms with Gasteiger partial charge in [-0.25, -0.2) is 14.3 Å². The number of rotatable bonds is 5. The van der Waals surface area contributed by atoms with E-state index in [1.165, 1.54) is 11.3 Å². The van der Waals surface area contributed by atoms with Crippen LogP contribution in [0.25, 0.3) is 10.9 Å². The van der Waals surface area contributed by atoms with Crippen molar-refractivity contribution >= 4 is 33.3 Å². The van der Waals surface area contributed by atoms with E-state index in [2.05, 4.69) is 15.3 Å². The number of benzene rings is 1. The summed E-state index contributed by atoms with van der Waals surface area (Å²) < 4.78 is 1.01. The monoisotopic (exact) mass is 358 g/mol. The van der Waals surface area contributed by atoms with Crippen LogP contribution in [0.4, 0.5) is 5.13 Å². The lowest BCUT2D eigenvalue weighted by Gasteiger charge is -2.20. The molecule has 0 aliphatic rings. The van der Waals surface area contributed by atoms with Crippen LogP contribution in [0.1, 0.15) is 26.3 Å². The third-order valence-electron chi connectivity index (χ3n) is 3.81. The van der Waals surface area contributed by atoms with Crippen molar-refractivity contribution < 1.29 is 4.79 Å². The number of carbonyl (C=O) groups is 1. The van der Waals surface area contributed by atoms with Crippen LogP contribution in [0.15, 0.2) is 45.4 Å². The van der Waals surface area contributed by atoms with Gasteiger partial charge in [0.1, 0.15) is 6.04 Å². The van der Waals surface area contributed by atoms with E-state index >= 15 is 0 Å². The van der Waals surface area contributed by atoms with Gasteiger partial charge in [0.25, 0.3) is 5.56 Å². The smallest absolute Gasteiger partial charge is 0.307 e. The number of nitrogens with zero attached hydrogens (tertiary/aromatic N) is 2. The molecule has 1 aromatic carbocycles. The van der Waals surface area contributed by atoms with Crippen LogP contribution < -0.4 is 16.6 Å². The Morgan fingerprint density at radius 1 is 1.32 bits per heavy atom. The number of nitrogens with one attached hydrogen (secondary N) is 2. The van der Waals surface area contributed by atoms with Crippen molar-refractivity contribution in [1.29, 1.82) is 0 Å². The van der Waals surface area contributed by atoms with Crippen molar-refractivity contribution in [1.82, 2.24) is 14.5 Å². The fourth-order valence-electron chi connectivity index (χ4n) is 2.71. The van der Waals surface area contributed by atoms with Gasteiger partial charge in [-0.05, 0) is 24.5 Å². The average Bonchev–Trinajstić information content (AvgIpc) is 3.06. The van der Waals surface area contributed by atoms with Gasteiger partial charge < -0.3 is 10.3 Å². The highest BCUT2D eigenvalue weighted by atomic mass is 32.1. The fourth-order valence-corrected chi connectivity index (χ4v) is 3.24. The molecule has 0 aliphatic heterocycles. The normalized spacial score (nSPS) is 12.4. The highest BCUT2D eigenvalue weighted by Crippen LogP contribution is 2.19. The summed E-state index contributed by atoms with van der Waals surface area (Å²) in [6.45, 7) is 3.87. The summed E-state index contributed by atoms with van der Waals surface area (Å²) in [7, 11) is 0. The summed E-state index contributed by atoms with van der Waals surface area (Å²) in [5, 5.41) is 5.23. The zero-order chi connectivity index (χ0) is 18.0. The van der Waals surface area contributed by atoms with Crippen LogP contribution in [0.3, 0.4) is 0 Å². The number of carbonyl (C=O) groups excluding carboxylic acids is 1. The lowest BCUT2D eigenvalue weighted by molar-refractivity contribution is -0.119. The molecule has 3 rings (SSSR count). The molecule has 1 atom stereocenters. The molecule has 0 bridgehead atoms. The number of aromatic amines is 1. The first-order valence-electron chi connectivity index (χ1n) is 7.91. The lowest BCUT2D eigenvalue weighted by atomic mass is 10.0. The Kier molecular flexibility index (Phi) is 4.80. The molecule has 0 spiro atoms. The van der Waals surface area contributed by atoms with Gasteiger partial charge in [-0.1, -0.05) is 26.0 Å². The highest BCUT2D eigenvalue weighted by Gasteiger charge is 2.26. The summed E-state index contributed by atoms with van der Waals surface area (Å²) in [5.74, 6) is -0.309. The number of H-pyrrole nitrogens is 1. The molecule has 7 nitrogen and oxygen atoms in total. The van der Waals surface area contributed by atoms with E-state index in [0.29, 0.717) is 22.5 Å². The van der Waals surface area contributed by atoms with Crippen molar-refractivity contribution in [3.05, 3.63) is 56.7 Å². The number of para-hydroxylation sites is 1. The number of thiazole rings is 1. The molecule has 130 valence electrons.